The van der Waals surface area contributed by atoms with Gasteiger partial charge in [-0.3, -0.25) is 14.5 Å². The van der Waals surface area contributed by atoms with Crippen molar-refractivity contribution < 1.29 is 19.1 Å². The number of hydrogen-bond donors (Lipinski definition) is 2. The number of amides is 2. The molecule has 2 aliphatic rings. The van der Waals surface area contributed by atoms with Crippen LogP contribution in [0.2, 0.25) is 0 Å². The van der Waals surface area contributed by atoms with Crippen LogP contribution in [0.3, 0.4) is 0 Å². The third-order valence-electron chi connectivity index (χ3n) is 6.34. The van der Waals surface area contributed by atoms with Gasteiger partial charge in [-0.2, -0.15) is 5.10 Å². The van der Waals surface area contributed by atoms with E-state index in [0.717, 1.165) is 16.9 Å². The van der Waals surface area contributed by atoms with Crippen molar-refractivity contribution in [3.8, 4) is 17.2 Å². The molecule has 2 aliphatic heterocycles. The number of piperidine rings is 1. The van der Waals surface area contributed by atoms with Crippen molar-refractivity contribution in [1.82, 2.24) is 14.7 Å². The van der Waals surface area contributed by atoms with E-state index in [-0.39, 0.29) is 31.1 Å². The number of benzene rings is 2. The summed E-state index contributed by atoms with van der Waals surface area (Å²) in [5.41, 5.74) is 3.58. The van der Waals surface area contributed by atoms with Crippen molar-refractivity contribution in [2.24, 2.45) is 5.92 Å². The molecule has 0 unspecified atom stereocenters. The number of fused-ring (bicyclic) bond motifs is 1. The van der Waals surface area contributed by atoms with E-state index >= 15 is 0 Å². The zero-order valence-electron chi connectivity index (χ0n) is 19.9. The number of rotatable bonds is 6. The maximum Gasteiger partial charge on any atom is 0.239 e. The molecule has 1 fully saturated rings. The fourth-order valence-corrected chi connectivity index (χ4v) is 4.43. The Morgan fingerprint density at radius 1 is 0.971 bits per heavy atom. The van der Waals surface area contributed by atoms with Crippen molar-refractivity contribution in [2.45, 2.75) is 26.7 Å². The summed E-state index contributed by atoms with van der Waals surface area (Å²) in [4.78, 5) is 27.6. The van der Waals surface area contributed by atoms with Gasteiger partial charge in [0.15, 0.2) is 11.5 Å². The second-order valence-electron chi connectivity index (χ2n) is 9.07. The first-order valence-corrected chi connectivity index (χ1v) is 11.8. The van der Waals surface area contributed by atoms with Gasteiger partial charge in [0.05, 0.1) is 17.9 Å². The molecule has 9 heteroatoms. The summed E-state index contributed by atoms with van der Waals surface area (Å²) in [5, 5.41) is 10.5. The van der Waals surface area contributed by atoms with Crippen molar-refractivity contribution in [1.29, 1.82) is 0 Å². The Balaban J connectivity index is 1.12. The van der Waals surface area contributed by atoms with Crippen LogP contribution in [-0.4, -0.2) is 52.9 Å². The number of aryl methyl sites for hydroxylation is 2. The largest absolute Gasteiger partial charge is 0.454 e. The number of nitrogens with zero attached hydrogens (tertiary/aromatic N) is 3. The highest BCUT2D eigenvalue weighted by atomic mass is 16.7. The molecule has 2 N–H and O–H groups in total. The Hall–Kier alpha value is -3.85. The normalized spacial score (nSPS) is 15.7. The molecule has 1 aromatic heterocycles. The zero-order valence-corrected chi connectivity index (χ0v) is 19.9. The second-order valence-corrected chi connectivity index (χ2v) is 9.07. The lowest BCUT2D eigenvalue weighted by Gasteiger charge is -2.30. The molecule has 9 nitrogen and oxygen atoms in total. The molecular weight excluding hydrogens is 446 g/mol. The molecule has 2 amide bonds. The van der Waals surface area contributed by atoms with E-state index in [0.29, 0.717) is 48.9 Å². The number of hydrogen-bond acceptors (Lipinski definition) is 6. The van der Waals surface area contributed by atoms with E-state index in [4.69, 9.17) is 9.47 Å². The van der Waals surface area contributed by atoms with Gasteiger partial charge < -0.3 is 20.1 Å². The summed E-state index contributed by atoms with van der Waals surface area (Å²) in [6.45, 7) is 5.78. The summed E-state index contributed by atoms with van der Waals surface area (Å²) in [6, 6.07) is 15.3. The van der Waals surface area contributed by atoms with Crippen molar-refractivity contribution in [3.05, 3.63) is 59.8 Å². The zero-order chi connectivity index (χ0) is 24.4. The molecular formula is C26H29N5O4. The predicted octanol–water partition coefficient (Wildman–Crippen LogP) is 3.51. The number of aromatic nitrogens is 2. The Bertz CT molecular complexity index is 1230. The third-order valence-corrected chi connectivity index (χ3v) is 6.34. The minimum atomic E-state index is -0.0958. The molecule has 182 valence electrons. The number of anilines is 2. The van der Waals surface area contributed by atoms with Crippen LogP contribution < -0.4 is 20.1 Å². The molecule has 5 rings (SSSR count). The molecule has 0 spiro atoms. The van der Waals surface area contributed by atoms with Gasteiger partial charge in [0.2, 0.25) is 18.6 Å². The summed E-state index contributed by atoms with van der Waals surface area (Å²) < 4.78 is 12.4. The average molecular weight is 476 g/mol. The van der Waals surface area contributed by atoms with Crippen LogP contribution in [0.5, 0.6) is 11.5 Å². The smallest absolute Gasteiger partial charge is 0.239 e. The molecule has 0 radical (unpaired) electrons. The molecule has 2 aromatic carbocycles. The van der Waals surface area contributed by atoms with Crippen molar-refractivity contribution >= 4 is 23.3 Å². The van der Waals surface area contributed by atoms with E-state index in [9.17, 15) is 9.59 Å². The number of carbonyl (C=O) groups excluding carboxylic acids is 2. The lowest BCUT2D eigenvalue weighted by atomic mass is 9.96. The SMILES string of the molecule is Cc1ccc(-n2nc(C)cc2NC(=O)CN2CCC(C(=O)Nc3ccc4c(c3)OCO4)CC2)cc1. The van der Waals surface area contributed by atoms with Crippen LogP contribution in [0.4, 0.5) is 11.5 Å². The van der Waals surface area contributed by atoms with Crippen LogP contribution in [0, 0.1) is 19.8 Å². The Kier molecular flexibility index (Phi) is 6.41. The van der Waals surface area contributed by atoms with E-state index in [1.54, 1.807) is 16.8 Å². The van der Waals surface area contributed by atoms with Gasteiger partial charge in [-0.05, 0) is 64.0 Å². The predicted molar refractivity (Wildman–Crippen MR) is 132 cm³/mol. The quantitative estimate of drug-likeness (QED) is 0.566. The average Bonchev–Trinajstić information content (AvgIpc) is 3.45. The first kappa shape index (κ1) is 22.9. The van der Waals surface area contributed by atoms with Crippen LogP contribution in [0.25, 0.3) is 5.69 Å². The van der Waals surface area contributed by atoms with Gasteiger partial charge in [-0.15, -0.1) is 0 Å². The first-order chi connectivity index (χ1) is 16.9. The third kappa shape index (κ3) is 5.30. The monoisotopic (exact) mass is 475 g/mol. The minimum absolute atomic E-state index is 0.00885. The van der Waals surface area contributed by atoms with Gasteiger partial charge in [0.1, 0.15) is 5.82 Å². The molecule has 3 heterocycles. The standard InChI is InChI=1S/C26H29N5O4/c1-17-3-6-21(7-4-17)31-24(13-18(2)29-31)28-25(32)15-30-11-9-19(10-12-30)26(33)27-20-5-8-22-23(14-20)35-16-34-22/h3-8,13-14,19H,9-12,15-16H2,1-2H3,(H,27,33)(H,28,32). The van der Waals surface area contributed by atoms with Gasteiger partial charge in [0, 0.05) is 23.7 Å². The Morgan fingerprint density at radius 2 is 1.71 bits per heavy atom. The number of nitrogens with one attached hydrogen (secondary N) is 2. The summed E-state index contributed by atoms with van der Waals surface area (Å²) in [6.07, 6.45) is 1.40. The molecule has 35 heavy (non-hydrogen) atoms. The van der Waals surface area contributed by atoms with E-state index in [1.165, 1.54) is 0 Å². The summed E-state index contributed by atoms with van der Waals surface area (Å²) in [7, 11) is 0. The highest BCUT2D eigenvalue weighted by Gasteiger charge is 2.27. The first-order valence-electron chi connectivity index (χ1n) is 11.8. The van der Waals surface area contributed by atoms with Crippen LogP contribution in [0.1, 0.15) is 24.1 Å². The highest BCUT2D eigenvalue weighted by molar-refractivity contribution is 5.93. The fourth-order valence-electron chi connectivity index (χ4n) is 4.43. The number of likely N-dealkylation sites (tertiary alicyclic amines) is 1. The maximum absolute atomic E-state index is 12.8. The van der Waals surface area contributed by atoms with Gasteiger partial charge >= 0.3 is 0 Å². The molecule has 0 bridgehead atoms. The highest BCUT2D eigenvalue weighted by Crippen LogP contribution is 2.34. The van der Waals surface area contributed by atoms with Crippen molar-refractivity contribution in [3.63, 3.8) is 0 Å². The lowest BCUT2D eigenvalue weighted by molar-refractivity contribution is -0.121. The fraction of sp³-hybridized carbons (Fsp3) is 0.346. The minimum Gasteiger partial charge on any atom is -0.454 e. The Labute approximate surface area is 204 Å². The van der Waals surface area contributed by atoms with Crippen molar-refractivity contribution in [2.75, 3.05) is 37.1 Å². The molecule has 0 saturated carbocycles. The number of ether oxygens (including phenoxy) is 2. The molecule has 0 aliphatic carbocycles. The van der Waals surface area contributed by atoms with Crippen LogP contribution >= 0.6 is 0 Å². The van der Waals surface area contributed by atoms with Gasteiger partial charge in [-0.25, -0.2) is 4.68 Å². The number of carbonyl (C=O) groups is 2. The molecule has 0 atom stereocenters. The van der Waals surface area contributed by atoms with Gasteiger partial charge in [-0.1, -0.05) is 17.7 Å². The van der Waals surface area contributed by atoms with E-state index in [2.05, 4.69) is 20.6 Å². The molecule has 1 saturated heterocycles. The topological polar surface area (TPSA) is 97.7 Å². The van der Waals surface area contributed by atoms with Gasteiger partial charge in [0.25, 0.3) is 0 Å². The summed E-state index contributed by atoms with van der Waals surface area (Å²) >= 11 is 0. The van der Waals surface area contributed by atoms with E-state index < -0.39 is 0 Å². The second kappa shape index (κ2) is 9.79. The summed E-state index contributed by atoms with van der Waals surface area (Å²) in [5.74, 6) is 1.78. The Morgan fingerprint density at radius 3 is 2.49 bits per heavy atom. The maximum atomic E-state index is 12.8. The van der Waals surface area contributed by atoms with Crippen LogP contribution in [0.15, 0.2) is 48.5 Å². The molecule has 3 aromatic rings. The van der Waals surface area contributed by atoms with Crippen LogP contribution in [-0.2, 0) is 9.59 Å². The lowest BCUT2D eigenvalue weighted by Crippen LogP contribution is -2.41. The van der Waals surface area contributed by atoms with E-state index in [1.807, 2.05) is 50.2 Å².